The maximum atomic E-state index is 13.3. The number of amides is 3. The minimum absolute atomic E-state index is 0.0213. The number of phenolic OH excluding ortho intramolecular Hbond substituents is 1. The van der Waals surface area contributed by atoms with E-state index in [1.54, 1.807) is 23.9 Å². The van der Waals surface area contributed by atoms with Crippen molar-refractivity contribution in [2.75, 3.05) is 24.0 Å². The number of benzene rings is 1. The zero-order chi connectivity index (χ0) is 28.0. The Balaban J connectivity index is 3.11. The lowest BCUT2D eigenvalue weighted by Crippen LogP contribution is -2.57. The summed E-state index contributed by atoms with van der Waals surface area (Å²) >= 11 is 3.07. The number of carboxylic acid groups (broad SMARTS) is 1. The molecular formula is C25H40N4O6S2. The summed E-state index contributed by atoms with van der Waals surface area (Å²) in [7, 11) is 0. The summed E-state index contributed by atoms with van der Waals surface area (Å²) < 4.78 is 0. The van der Waals surface area contributed by atoms with Gasteiger partial charge in [-0.2, -0.15) is 23.5 Å². The van der Waals surface area contributed by atoms with Gasteiger partial charge in [-0.05, 0) is 66.9 Å². The second-order valence-corrected chi connectivity index (χ2v) is 11.2. The number of rotatable bonds is 17. The second kappa shape index (κ2) is 17.1. The summed E-state index contributed by atoms with van der Waals surface area (Å²) in [6.45, 7) is 3.70. The van der Waals surface area contributed by atoms with Crippen LogP contribution in [-0.2, 0) is 25.6 Å². The number of hydrogen-bond donors (Lipinski definition) is 6. The van der Waals surface area contributed by atoms with E-state index in [9.17, 15) is 29.4 Å². The molecule has 0 aliphatic rings. The van der Waals surface area contributed by atoms with E-state index in [-0.39, 0.29) is 24.5 Å². The molecule has 0 aromatic heterocycles. The van der Waals surface area contributed by atoms with Gasteiger partial charge in [0.25, 0.3) is 0 Å². The summed E-state index contributed by atoms with van der Waals surface area (Å²) in [6.07, 6.45) is 4.86. The summed E-state index contributed by atoms with van der Waals surface area (Å²) in [5.74, 6) is -1.47. The molecule has 0 saturated carbocycles. The van der Waals surface area contributed by atoms with Gasteiger partial charge < -0.3 is 31.9 Å². The van der Waals surface area contributed by atoms with Crippen LogP contribution in [0, 0.1) is 5.92 Å². The first-order valence-corrected chi connectivity index (χ1v) is 14.9. The molecule has 1 aromatic carbocycles. The fourth-order valence-electron chi connectivity index (χ4n) is 3.47. The highest BCUT2D eigenvalue weighted by atomic mass is 32.2. The van der Waals surface area contributed by atoms with E-state index >= 15 is 0 Å². The standard InChI is InChI=1S/C25H40N4O6S2/c1-15(2)13-21(25(34)35)29-24(33)20(14-16-5-7-17(30)8-6-16)28-23(32)19(10-12-37-4)27-22(31)18(26)9-11-36-3/h5-8,15,18-21,30H,9-14,26H2,1-4H3,(H,27,31)(H,28,32)(H,29,33)(H,34,35). The van der Waals surface area contributed by atoms with Crippen LogP contribution in [0.3, 0.4) is 0 Å². The Hall–Kier alpha value is -2.44. The Kier molecular flexibility index (Phi) is 15.1. The fraction of sp³-hybridized carbons (Fsp3) is 0.600. The number of aromatic hydroxyl groups is 1. The Morgan fingerprint density at radius 3 is 1.89 bits per heavy atom. The first kappa shape index (κ1) is 32.6. The van der Waals surface area contributed by atoms with Gasteiger partial charge in [0.2, 0.25) is 17.7 Å². The molecule has 4 atom stereocenters. The summed E-state index contributed by atoms with van der Waals surface area (Å²) in [6, 6.07) is 2.25. The third-order valence-corrected chi connectivity index (χ3v) is 6.83. The minimum atomic E-state index is -1.17. The molecule has 0 bridgehead atoms. The van der Waals surface area contributed by atoms with Crippen LogP contribution >= 0.6 is 23.5 Å². The van der Waals surface area contributed by atoms with Gasteiger partial charge in [0.05, 0.1) is 6.04 Å². The molecular weight excluding hydrogens is 516 g/mol. The van der Waals surface area contributed by atoms with Crippen LogP contribution in [0.15, 0.2) is 24.3 Å². The van der Waals surface area contributed by atoms with Crippen LogP contribution in [0.4, 0.5) is 0 Å². The Morgan fingerprint density at radius 2 is 1.35 bits per heavy atom. The third kappa shape index (κ3) is 12.6. The highest BCUT2D eigenvalue weighted by molar-refractivity contribution is 7.98. The highest BCUT2D eigenvalue weighted by Gasteiger charge is 2.30. The lowest BCUT2D eigenvalue weighted by molar-refractivity contribution is -0.142. The van der Waals surface area contributed by atoms with Crippen LogP contribution in [-0.4, -0.2) is 82.1 Å². The average Bonchev–Trinajstić information content (AvgIpc) is 2.84. The van der Waals surface area contributed by atoms with Crippen molar-refractivity contribution in [3.63, 3.8) is 0 Å². The molecule has 1 rings (SSSR count). The molecule has 12 heteroatoms. The van der Waals surface area contributed by atoms with Crippen LogP contribution in [0.5, 0.6) is 5.75 Å². The first-order valence-electron chi connectivity index (χ1n) is 12.1. The van der Waals surface area contributed by atoms with Crippen LogP contribution in [0.25, 0.3) is 0 Å². The average molecular weight is 557 g/mol. The van der Waals surface area contributed by atoms with Gasteiger partial charge in [0.15, 0.2) is 0 Å². The number of carbonyl (C=O) groups is 4. The fourth-order valence-corrected chi connectivity index (χ4v) is 4.43. The Morgan fingerprint density at radius 1 is 0.838 bits per heavy atom. The van der Waals surface area contributed by atoms with Crippen LogP contribution < -0.4 is 21.7 Å². The van der Waals surface area contributed by atoms with Crippen LogP contribution in [0.1, 0.15) is 38.7 Å². The van der Waals surface area contributed by atoms with Crippen molar-refractivity contribution >= 4 is 47.2 Å². The van der Waals surface area contributed by atoms with Gasteiger partial charge in [0.1, 0.15) is 23.9 Å². The van der Waals surface area contributed by atoms with Crippen molar-refractivity contribution < 1.29 is 29.4 Å². The number of carbonyl (C=O) groups excluding carboxylic acids is 3. The largest absolute Gasteiger partial charge is 0.508 e. The smallest absolute Gasteiger partial charge is 0.326 e. The molecule has 10 nitrogen and oxygen atoms in total. The van der Waals surface area contributed by atoms with E-state index in [0.717, 1.165) is 0 Å². The summed E-state index contributed by atoms with van der Waals surface area (Å²) in [5, 5.41) is 27.1. The number of carboxylic acids is 1. The number of hydrogen-bond acceptors (Lipinski definition) is 8. The number of aliphatic carboxylic acids is 1. The summed E-state index contributed by atoms with van der Waals surface area (Å²) in [4.78, 5) is 50.7. The van der Waals surface area contributed by atoms with Gasteiger partial charge in [-0.1, -0.05) is 26.0 Å². The lowest BCUT2D eigenvalue weighted by atomic mass is 10.0. The van der Waals surface area contributed by atoms with E-state index in [1.807, 2.05) is 26.4 Å². The molecule has 0 heterocycles. The summed E-state index contributed by atoms with van der Waals surface area (Å²) in [5.41, 5.74) is 6.62. The van der Waals surface area contributed by atoms with Crippen molar-refractivity contribution in [2.45, 2.75) is 63.7 Å². The SMILES string of the molecule is CSCCC(N)C(=O)NC(CCSC)C(=O)NC(Cc1ccc(O)cc1)C(=O)NC(CC(C)C)C(=O)O. The van der Waals surface area contributed by atoms with Gasteiger partial charge in [-0.3, -0.25) is 14.4 Å². The van der Waals surface area contributed by atoms with E-state index in [2.05, 4.69) is 16.0 Å². The van der Waals surface area contributed by atoms with E-state index in [0.29, 0.717) is 29.9 Å². The quantitative estimate of drug-likeness (QED) is 0.166. The normalized spacial score (nSPS) is 14.3. The molecule has 0 saturated heterocycles. The maximum Gasteiger partial charge on any atom is 0.326 e. The molecule has 1 aromatic rings. The maximum absolute atomic E-state index is 13.3. The Bertz CT molecular complexity index is 884. The van der Waals surface area contributed by atoms with Gasteiger partial charge >= 0.3 is 5.97 Å². The molecule has 0 radical (unpaired) electrons. The molecule has 0 aliphatic heterocycles. The van der Waals surface area contributed by atoms with Crippen molar-refractivity contribution in [3.05, 3.63) is 29.8 Å². The van der Waals surface area contributed by atoms with Gasteiger partial charge in [0, 0.05) is 6.42 Å². The Labute approximate surface area is 227 Å². The lowest BCUT2D eigenvalue weighted by Gasteiger charge is -2.25. The van der Waals surface area contributed by atoms with Crippen molar-refractivity contribution in [2.24, 2.45) is 11.7 Å². The van der Waals surface area contributed by atoms with Crippen molar-refractivity contribution in [3.8, 4) is 5.75 Å². The van der Waals surface area contributed by atoms with Gasteiger partial charge in [-0.15, -0.1) is 0 Å². The van der Waals surface area contributed by atoms with Gasteiger partial charge in [-0.25, -0.2) is 4.79 Å². The molecule has 0 fully saturated rings. The molecule has 4 unspecified atom stereocenters. The number of nitrogens with one attached hydrogen (secondary N) is 3. The third-order valence-electron chi connectivity index (χ3n) is 5.54. The molecule has 7 N–H and O–H groups in total. The number of thioether (sulfide) groups is 2. The molecule has 3 amide bonds. The monoisotopic (exact) mass is 556 g/mol. The molecule has 208 valence electrons. The van der Waals surface area contributed by atoms with E-state index in [1.165, 1.54) is 23.9 Å². The zero-order valence-corrected chi connectivity index (χ0v) is 23.5. The topological polar surface area (TPSA) is 171 Å². The zero-order valence-electron chi connectivity index (χ0n) is 21.9. The van der Waals surface area contributed by atoms with Crippen molar-refractivity contribution in [1.29, 1.82) is 0 Å². The number of nitrogens with two attached hydrogens (primary N) is 1. The first-order chi connectivity index (χ1) is 17.5. The predicted octanol–water partition coefficient (Wildman–Crippen LogP) is 1.35. The highest BCUT2D eigenvalue weighted by Crippen LogP contribution is 2.13. The van der Waals surface area contributed by atoms with E-state index in [4.69, 9.17) is 5.73 Å². The minimum Gasteiger partial charge on any atom is -0.508 e. The molecule has 37 heavy (non-hydrogen) atoms. The van der Waals surface area contributed by atoms with Crippen LogP contribution in [0.2, 0.25) is 0 Å². The second-order valence-electron chi connectivity index (χ2n) is 9.19. The predicted molar refractivity (Wildman–Crippen MR) is 149 cm³/mol. The number of phenols is 1. The van der Waals surface area contributed by atoms with E-state index < -0.39 is 47.9 Å². The molecule has 0 spiro atoms. The van der Waals surface area contributed by atoms with Crippen molar-refractivity contribution in [1.82, 2.24) is 16.0 Å². The molecule has 0 aliphatic carbocycles.